The molecule has 102 valence electrons. The maximum absolute atomic E-state index is 11.9. The van der Waals surface area contributed by atoms with Crippen molar-refractivity contribution in [1.29, 1.82) is 0 Å². The minimum atomic E-state index is -0.924. The van der Waals surface area contributed by atoms with E-state index in [4.69, 9.17) is 14.6 Å². The van der Waals surface area contributed by atoms with Gasteiger partial charge in [-0.15, -0.1) is 0 Å². The Kier molecular flexibility index (Phi) is 4.54. The van der Waals surface area contributed by atoms with Gasteiger partial charge in [0.2, 0.25) is 5.91 Å². The van der Waals surface area contributed by atoms with Gasteiger partial charge in [0.15, 0.2) is 0 Å². The Morgan fingerprint density at radius 2 is 2.00 bits per heavy atom. The van der Waals surface area contributed by atoms with Crippen LogP contribution in [0.25, 0.3) is 0 Å². The van der Waals surface area contributed by atoms with E-state index in [0.29, 0.717) is 26.2 Å². The Morgan fingerprint density at radius 3 is 2.67 bits per heavy atom. The van der Waals surface area contributed by atoms with E-state index in [2.05, 4.69) is 0 Å². The van der Waals surface area contributed by atoms with Crippen molar-refractivity contribution in [2.75, 3.05) is 26.4 Å². The second kappa shape index (κ2) is 6.15. The number of carbonyl (C=O) groups excluding carboxylic acids is 1. The molecule has 2 fully saturated rings. The molecule has 2 heterocycles. The lowest BCUT2D eigenvalue weighted by Crippen LogP contribution is -2.43. The standard InChI is InChI=1S/C12H19NO5/c14-11(8-18-9-3-6-17-7-4-9)13-5-1-2-10(13)12(15)16/h9-10H,1-8H2,(H,15,16)/t10-/m0/s1. The number of carboxylic acids is 1. The molecule has 0 aromatic rings. The Hall–Kier alpha value is -1.14. The summed E-state index contributed by atoms with van der Waals surface area (Å²) in [6.07, 6.45) is 2.96. The molecule has 0 spiro atoms. The number of ether oxygens (including phenoxy) is 2. The van der Waals surface area contributed by atoms with Crippen LogP contribution in [-0.4, -0.2) is 60.4 Å². The number of carboxylic acid groups (broad SMARTS) is 1. The molecule has 2 aliphatic heterocycles. The van der Waals surface area contributed by atoms with Gasteiger partial charge in [0.1, 0.15) is 12.6 Å². The largest absolute Gasteiger partial charge is 0.480 e. The van der Waals surface area contributed by atoms with Crippen molar-refractivity contribution < 1.29 is 24.2 Å². The number of carbonyl (C=O) groups is 2. The molecular formula is C12H19NO5. The zero-order valence-electron chi connectivity index (χ0n) is 10.3. The minimum absolute atomic E-state index is 0.0194. The van der Waals surface area contributed by atoms with Gasteiger partial charge >= 0.3 is 5.97 Å². The molecule has 2 rings (SSSR count). The van der Waals surface area contributed by atoms with Crippen LogP contribution < -0.4 is 0 Å². The zero-order chi connectivity index (χ0) is 13.0. The number of aliphatic carboxylic acids is 1. The summed E-state index contributed by atoms with van der Waals surface area (Å²) in [5.41, 5.74) is 0. The first kappa shape index (κ1) is 13.3. The van der Waals surface area contributed by atoms with Crippen molar-refractivity contribution in [3.8, 4) is 0 Å². The average molecular weight is 257 g/mol. The Balaban J connectivity index is 1.78. The molecule has 1 amide bonds. The minimum Gasteiger partial charge on any atom is -0.480 e. The molecule has 0 aromatic heterocycles. The fraction of sp³-hybridized carbons (Fsp3) is 0.833. The van der Waals surface area contributed by atoms with E-state index in [1.165, 1.54) is 4.90 Å². The van der Waals surface area contributed by atoms with E-state index in [1.807, 2.05) is 0 Å². The summed E-state index contributed by atoms with van der Waals surface area (Å²) in [5, 5.41) is 9.00. The summed E-state index contributed by atoms with van der Waals surface area (Å²) < 4.78 is 10.7. The van der Waals surface area contributed by atoms with Gasteiger partial charge in [-0.1, -0.05) is 0 Å². The molecule has 0 unspecified atom stereocenters. The van der Waals surface area contributed by atoms with Gasteiger partial charge in [0.25, 0.3) is 0 Å². The predicted molar refractivity (Wildman–Crippen MR) is 62.2 cm³/mol. The van der Waals surface area contributed by atoms with Crippen molar-refractivity contribution in [2.24, 2.45) is 0 Å². The Morgan fingerprint density at radius 1 is 1.28 bits per heavy atom. The normalized spacial score (nSPS) is 25.3. The second-order valence-electron chi connectivity index (χ2n) is 4.71. The zero-order valence-corrected chi connectivity index (χ0v) is 10.3. The summed E-state index contributed by atoms with van der Waals surface area (Å²) in [6, 6.07) is -0.671. The molecule has 6 nitrogen and oxygen atoms in total. The van der Waals surface area contributed by atoms with Gasteiger partial charge < -0.3 is 19.5 Å². The monoisotopic (exact) mass is 257 g/mol. The van der Waals surface area contributed by atoms with Gasteiger partial charge in [-0.3, -0.25) is 4.79 Å². The quantitative estimate of drug-likeness (QED) is 0.781. The second-order valence-corrected chi connectivity index (χ2v) is 4.71. The van der Waals surface area contributed by atoms with E-state index in [-0.39, 0.29) is 18.6 Å². The van der Waals surface area contributed by atoms with Crippen LogP contribution >= 0.6 is 0 Å². The molecule has 1 atom stereocenters. The molecule has 0 aromatic carbocycles. The van der Waals surface area contributed by atoms with Crippen LogP contribution in [0, 0.1) is 0 Å². The highest BCUT2D eigenvalue weighted by Gasteiger charge is 2.34. The molecular weight excluding hydrogens is 238 g/mol. The molecule has 0 saturated carbocycles. The summed E-state index contributed by atoms with van der Waals surface area (Å²) in [6.45, 7) is 1.84. The van der Waals surface area contributed by atoms with E-state index in [9.17, 15) is 9.59 Å². The number of amides is 1. The lowest BCUT2D eigenvalue weighted by Gasteiger charge is -2.25. The molecule has 6 heteroatoms. The molecule has 2 aliphatic rings. The van der Waals surface area contributed by atoms with Crippen LogP contribution in [0.2, 0.25) is 0 Å². The van der Waals surface area contributed by atoms with E-state index >= 15 is 0 Å². The SMILES string of the molecule is O=C(O)[C@@H]1CCCN1C(=O)COC1CCOCC1. The first-order valence-corrected chi connectivity index (χ1v) is 6.40. The fourth-order valence-corrected chi connectivity index (χ4v) is 2.44. The topological polar surface area (TPSA) is 76.1 Å². The molecule has 0 radical (unpaired) electrons. The maximum atomic E-state index is 11.9. The smallest absolute Gasteiger partial charge is 0.326 e. The van der Waals surface area contributed by atoms with Crippen LogP contribution in [0.5, 0.6) is 0 Å². The fourth-order valence-electron chi connectivity index (χ4n) is 2.44. The van der Waals surface area contributed by atoms with Crippen LogP contribution in [0.15, 0.2) is 0 Å². The molecule has 2 saturated heterocycles. The van der Waals surface area contributed by atoms with Crippen molar-refractivity contribution in [1.82, 2.24) is 4.90 Å². The lowest BCUT2D eigenvalue weighted by molar-refractivity contribution is -0.151. The third-order valence-electron chi connectivity index (χ3n) is 3.47. The number of hydrogen-bond acceptors (Lipinski definition) is 4. The van der Waals surface area contributed by atoms with Crippen LogP contribution in [0.3, 0.4) is 0 Å². The average Bonchev–Trinajstić information content (AvgIpc) is 2.86. The van der Waals surface area contributed by atoms with Gasteiger partial charge in [-0.05, 0) is 25.7 Å². The van der Waals surface area contributed by atoms with E-state index in [0.717, 1.165) is 19.3 Å². The van der Waals surface area contributed by atoms with Crippen molar-refractivity contribution in [3.63, 3.8) is 0 Å². The third kappa shape index (κ3) is 3.20. The maximum Gasteiger partial charge on any atom is 0.326 e. The van der Waals surface area contributed by atoms with E-state index in [1.54, 1.807) is 0 Å². The summed E-state index contributed by atoms with van der Waals surface area (Å²) >= 11 is 0. The Labute approximate surface area is 106 Å². The molecule has 1 N–H and O–H groups in total. The molecule has 0 aliphatic carbocycles. The molecule has 18 heavy (non-hydrogen) atoms. The first-order valence-electron chi connectivity index (χ1n) is 6.40. The van der Waals surface area contributed by atoms with Crippen molar-refractivity contribution >= 4 is 11.9 Å². The Bertz CT molecular complexity index is 314. The predicted octanol–water partition coefficient (Wildman–Crippen LogP) is 0.258. The summed E-state index contributed by atoms with van der Waals surface area (Å²) in [5.74, 6) is -1.14. The summed E-state index contributed by atoms with van der Waals surface area (Å²) in [4.78, 5) is 24.3. The molecule has 0 bridgehead atoms. The highest BCUT2D eigenvalue weighted by Crippen LogP contribution is 2.18. The number of likely N-dealkylation sites (tertiary alicyclic amines) is 1. The summed E-state index contributed by atoms with van der Waals surface area (Å²) in [7, 11) is 0. The van der Waals surface area contributed by atoms with Crippen LogP contribution in [-0.2, 0) is 19.1 Å². The third-order valence-corrected chi connectivity index (χ3v) is 3.47. The van der Waals surface area contributed by atoms with Gasteiger partial charge in [0.05, 0.1) is 6.10 Å². The van der Waals surface area contributed by atoms with E-state index < -0.39 is 12.0 Å². The van der Waals surface area contributed by atoms with Crippen molar-refractivity contribution in [2.45, 2.75) is 37.8 Å². The van der Waals surface area contributed by atoms with Crippen LogP contribution in [0.4, 0.5) is 0 Å². The number of nitrogens with zero attached hydrogens (tertiary/aromatic N) is 1. The van der Waals surface area contributed by atoms with Gasteiger partial charge in [-0.2, -0.15) is 0 Å². The van der Waals surface area contributed by atoms with Crippen molar-refractivity contribution in [3.05, 3.63) is 0 Å². The van der Waals surface area contributed by atoms with Crippen LogP contribution in [0.1, 0.15) is 25.7 Å². The van der Waals surface area contributed by atoms with Gasteiger partial charge in [0, 0.05) is 19.8 Å². The highest BCUT2D eigenvalue weighted by molar-refractivity contribution is 5.84. The highest BCUT2D eigenvalue weighted by atomic mass is 16.5. The first-order chi connectivity index (χ1) is 8.68. The van der Waals surface area contributed by atoms with Gasteiger partial charge in [-0.25, -0.2) is 4.79 Å². The number of hydrogen-bond donors (Lipinski definition) is 1. The lowest BCUT2D eigenvalue weighted by atomic mass is 10.1. The number of rotatable bonds is 4.